The number of guanidine groups is 1. The molecule has 0 radical (unpaired) electrons. The SMILES string of the molecule is CN=C(NCCN1CCCN(C)CC1)NCc1ccc(C)cc1C. The lowest BCUT2D eigenvalue weighted by molar-refractivity contribution is 0.280. The third kappa shape index (κ3) is 6.13. The summed E-state index contributed by atoms with van der Waals surface area (Å²) in [5, 5.41) is 6.85. The molecule has 5 nitrogen and oxygen atoms in total. The molecule has 0 aromatic heterocycles. The van der Waals surface area contributed by atoms with Crippen molar-refractivity contribution in [2.45, 2.75) is 26.8 Å². The molecule has 2 rings (SSSR count). The minimum atomic E-state index is 0.806. The Morgan fingerprint density at radius 1 is 1.12 bits per heavy atom. The van der Waals surface area contributed by atoms with E-state index in [-0.39, 0.29) is 0 Å². The first kappa shape index (κ1) is 18.7. The van der Waals surface area contributed by atoms with Crippen LogP contribution in [0.5, 0.6) is 0 Å². The number of nitrogens with one attached hydrogen (secondary N) is 2. The molecule has 1 saturated heterocycles. The Morgan fingerprint density at radius 3 is 2.71 bits per heavy atom. The van der Waals surface area contributed by atoms with Gasteiger partial charge < -0.3 is 20.4 Å². The highest BCUT2D eigenvalue weighted by Crippen LogP contribution is 2.09. The van der Waals surface area contributed by atoms with Gasteiger partial charge in [-0.3, -0.25) is 4.99 Å². The molecule has 1 aromatic carbocycles. The maximum Gasteiger partial charge on any atom is 0.191 e. The summed E-state index contributed by atoms with van der Waals surface area (Å²) in [7, 11) is 4.04. The quantitative estimate of drug-likeness (QED) is 0.635. The lowest BCUT2D eigenvalue weighted by atomic mass is 10.1. The summed E-state index contributed by atoms with van der Waals surface area (Å²) in [6.45, 7) is 11.8. The Kier molecular flexibility index (Phi) is 7.53. The van der Waals surface area contributed by atoms with Gasteiger partial charge >= 0.3 is 0 Å². The molecule has 0 atom stereocenters. The summed E-state index contributed by atoms with van der Waals surface area (Å²) in [4.78, 5) is 9.28. The van der Waals surface area contributed by atoms with Crippen LogP contribution in [0.2, 0.25) is 0 Å². The average molecular weight is 332 g/mol. The molecule has 5 heteroatoms. The molecular weight excluding hydrogens is 298 g/mol. The van der Waals surface area contributed by atoms with E-state index >= 15 is 0 Å². The standard InChI is InChI=1S/C19H33N5/c1-16-6-7-18(17(2)14-16)15-22-19(20-3)21-8-11-24-10-5-9-23(4)12-13-24/h6-7,14H,5,8-13,15H2,1-4H3,(H2,20,21,22). The summed E-state index contributed by atoms with van der Waals surface area (Å²) in [5.41, 5.74) is 3.95. The molecule has 1 aromatic rings. The van der Waals surface area contributed by atoms with Gasteiger partial charge in [-0.15, -0.1) is 0 Å². The fraction of sp³-hybridized carbons (Fsp3) is 0.632. The van der Waals surface area contributed by atoms with Gasteiger partial charge in [0.2, 0.25) is 0 Å². The monoisotopic (exact) mass is 331 g/mol. The van der Waals surface area contributed by atoms with E-state index in [1.54, 1.807) is 0 Å². The van der Waals surface area contributed by atoms with E-state index in [0.29, 0.717) is 0 Å². The van der Waals surface area contributed by atoms with E-state index in [2.05, 4.69) is 64.5 Å². The van der Waals surface area contributed by atoms with E-state index in [1.165, 1.54) is 42.7 Å². The Balaban J connectivity index is 1.72. The van der Waals surface area contributed by atoms with E-state index in [1.807, 2.05) is 7.05 Å². The lowest BCUT2D eigenvalue weighted by Gasteiger charge is -2.21. The van der Waals surface area contributed by atoms with Crippen LogP contribution in [0.3, 0.4) is 0 Å². The number of aryl methyl sites for hydroxylation is 2. The van der Waals surface area contributed by atoms with E-state index < -0.39 is 0 Å². The Bertz CT molecular complexity index is 541. The zero-order chi connectivity index (χ0) is 17.4. The molecule has 24 heavy (non-hydrogen) atoms. The van der Waals surface area contributed by atoms with Crippen LogP contribution in [0.25, 0.3) is 0 Å². The van der Waals surface area contributed by atoms with Crippen molar-refractivity contribution in [1.82, 2.24) is 20.4 Å². The highest BCUT2D eigenvalue weighted by atomic mass is 15.2. The van der Waals surface area contributed by atoms with Gasteiger partial charge in [-0.1, -0.05) is 23.8 Å². The van der Waals surface area contributed by atoms with Crippen LogP contribution in [-0.4, -0.2) is 69.1 Å². The van der Waals surface area contributed by atoms with Gasteiger partial charge in [-0.2, -0.15) is 0 Å². The largest absolute Gasteiger partial charge is 0.355 e. The summed E-state index contributed by atoms with van der Waals surface area (Å²) in [6, 6.07) is 6.58. The van der Waals surface area contributed by atoms with Crippen LogP contribution >= 0.6 is 0 Å². The first-order valence-electron chi connectivity index (χ1n) is 9.00. The van der Waals surface area contributed by atoms with Crippen molar-refractivity contribution in [1.29, 1.82) is 0 Å². The molecule has 0 bridgehead atoms. The van der Waals surface area contributed by atoms with E-state index in [9.17, 15) is 0 Å². The second kappa shape index (κ2) is 9.64. The molecule has 0 aliphatic carbocycles. The molecule has 1 fully saturated rings. The average Bonchev–Trinajstić information content (AvgIpc) is 2.76. The molecule has 0 saturated carbocycles. The van der Waals surface area contributed by atoms with Crippen LogP contribution in [0, 0.1) is 13.8 Å². The number of aliphatic imine (C=N–C) groups is 1. The van der Waals surface area contributed by atoms with Gasteiger partial charge in [-0.05, 0) is 51.5 Å². The minimum Gasteiger partial charge on any atom is -0.355 e. The van der Waals surface area contributed by atoms with E-state index in [0.717, 1.165) is 32.1 Å². The van der Waals surface area contributed by atoms with Crippen molar-refractivity contribution in [3.8, 4) is 0 Å². The smallest absolute Gasteiger partial charge is 0.191 e. The highest BCUT2D eigenvalue weighted by molar-refractivity contribution is 5.79. The van der Waals surface area contributed by atoms with Gasteiger partial charge in [0.1, 0.15) is 0 Å². The molecule has 1 aliphatic rings. The van der Waals surface area contributed by atoms with Gasteiger partial charge in [0, 0.05) is 39.8 Å². The Morgan fingerprint density at radius 2 is 1.96 bits per heavy atom. The summed E-state index contributed by atoms with van der Waals surface area (Å²) in [6.07, 6.45) is 1.26. The maximum absolute atomic E-state index is 4.33. The fourth-order valence-corrected chi connectivity index (χ4v) is 3.10. The summed E-state index contributed by atoms with van der Waals surface area (Å²) < 4.78 is 0. The summed E-state index contributed by atoms with van der Waals surface area (Å²) in [5.74, 6) is 0.877. The van der Waals surface area contributed by atoms with Gasteiger partial charge in [-0.25, -0.2) is 0 Å². The highest BCUT2D eigenvalue weighted by Gasteiger charge is 2.11. The number of rotatable bonds is 5. The Labute approximate surface area is 147 Å². The van der Waals surface area contributed by atoms with Gasteiger partial charge in [0.25, 0.3) is 0 Å². The van der Waals surface area contributed by atoms with E-state index in [4.69, 9.17) is 0 Å². The number of nitrogens with zero attached hydrogens (tertiary/aromatic N) is 3. The van der Waals surface area contributed by atoms with Crippen LogP contribution in [-0.2, 0) is 6.54 Å². The van der Waals surface area contributed by atoms with Crippen molar-refractivity contribution in [3.05, 3.63) is 34.9 Å². The first-order valence-corrected chi connectivity index (χ1v) is 9.00. The van der Waals surface area contributed by atoms with Crippen molar-refractivity contribution < 1.29 is 0 Å². The second-order valence-electron chi connectivity index (χ2n) is 6.78. The number of benzene rings is 1. The minimum absolute atomic E-state index is 0.806. The molecule has 1 aliphatic heterocycles. The molecule has 0 amide bonds. The molecule has 0 unspecified atom stereocenters. The van der Waals surface area contributed by atoms with Crippen LogP contribution in [0.1, 0.15) is 23.1 Å². The normalized spacial score (nSPS) is 17.6. The zero-order valence-corrected chi connectivity index (χ0v) is 15.7. The third-order valence-electron chi connectivity index (χ3n) is 4.70. The van der Waals surface area contributed by atoms with Crippen molar-refractivity contribution in [2.24, 2.45) is 4.99 Å². The lowest BCUT2D eigenvalue weighted by Crippen LogP contribution is -2.42. The molecule has 134 valence electrons. The maximum atomic E-state index is 4.33. The first-order chi connectivity index (χ1) is 11.6. The molecule has 2 N–H and O–H groups in total. The Hall–Kier alpha value is -1.59. The predicted octanol–water partition coefficient (Wildman–Crippen LogP) is 1.61. The fourth-order valence-electron chi connectivity index (χ4n) is 3.10. The molecule has 1 heterocycles. The summed E-state index contributed by atoms with van der Waals surface area (Å²) >= 11 is 0. The van der Waals surface area contributed by atoms with Crippen LogP contribution < -0.4 is 10.6 Å². The second-order valence-corrected chi connectivity index (χ2v) is 6.78. The van der Waals surface area contributed by atoms with Crippen molar-refractivity contribution in [3.63, 3.8) is 0 Å². The van der Waals surface area contributed by atoms with Crippen molar-refractivity contribution in [2.75, 3.05) is 53.4 Å². The van der Waals surface area contributed by atoms with Crippen LogP contribution in [0.15, 0.2) is 23.2 Å². The molecular formula is C19H33N5. The van der Waals surface area contributed by atoms with Crippen molar-refractivity contribution >= 4 is 5.96 Å². The zero-order valence-electron chi connectivity index (χ0n) is 15.7. The topological polar surface area (TPSA) is 42.9 Å². The number of likely N-dealkylation sites (N-methyl/N-ethyl adjacent to an activating group) is 1. The predicted molar refractivity (Wildman–Crippen MR) is 103 cm³/mol. The van der Waals surface area contributed by atoms with Gasteiger partial charge in [0.05, 0.1) is 0 Å². The van der Waals surface area contributed by atoms with Crippen LogP contribution in [0.4, 0.5) is 0 Å². The van der Waals surface area contributed by atoms with Gasteiger partial charge in [0.15, 0.2) is 5.96 Å². The number of hydrogen-bond donors (Lipinski definition) is 2. The number of hydrogen-bond acceptors (Lipinski definition) is 3. The molecule has 0 spiro atoms. The third-order valence-corrected chi connectivity index (χ3v) is 4.70.